The number of allylic oxidation sites excluding steroid dienone is 2. The topological polar surface area (TPSA) is 52.5 Å². The van der Waals surface area contributed by atoms with Gasteiger partial charge in [-0.3, -0.25) is 0 Å². The molecule has 3 heteroatoms. The van der Waals surface area contributed by atoms with Crippen LogP contribution in [0.25, 0.3) is 16.6 Å². The van der Waals surface area contributed by atoms with E-state index in [4.69, 9.17) is 5.26 Å². The molecule has 0 amide bonds. The third-order valence-corrected chi connectivity index (χ3v) is 2.26. The summed E-state index contributed by atoms with van der Waals surface area (Å²) in [5.74, 6) is 0.986. The van der Waals surface area contributed by atoms with E-state index >= 15 is 0 Å². The van der Waals surface area contributed by atoms with Crippen LogP contribution in [-0.4, -0.2) is 9.97 Å². The zero-order valence-corrected chi connectivity index (χ0v) is 9.36. The van der Waals surface area contributed by atoms with Crippen molar-refractivity contribution in [1.29, 1.82) is 5.26 Å². The second kappa shape index (κ2) is 4.19. The second-order valence-corrected chi connectivity index (χ2v) is 4.04. The minimum atomic E-state index is 0.336. The van der Waals surface area contributed by atoms with Crippen LogP contribution in [0.2, 0.25) is 0 Å². The van der Waals surface area contributed by atoms with Crippen molar-refractivity contribution in [2.75, 3.05) is 0 Å². The van der Waals surface area contributed by atoms with Gasteiger partial charge in [-0.25, -0.2) is 4.98 Å². The van der Waals surface area contributed by atoms with Crippen LogP contribution in [0.3, 0.4) is 0 Å². The number of hydrogen-bond donors (Lipinski definition) is 1. The summed E-state index contributed by atoms with van der Waals surface area (Å²) in [7, 11) is 0. The summed E-state index contributed by atoms with van der Waals surface area (Å²) in [4.78, 5) is 7.54. The minimum absolute atomic E-state index is 0.336. The molecule has 0 atom stereocenters. The molecule has 0 spiro atoms. The fourth-order valence-electron chi connectivity index (χ4n) is 1.58. The Kier molecular flexibility index (Phi) is 2.74. The number of benzene rings is 1. The van der Waals surface area contributed by atoms with Gasteiger partial charge in [-0.2, -0.15) is 5.26 Å². The fraction of sp³-hybridized carbons (Fsp3) is 0.231. The first-order valence-electron chi connectivity index (χ1n) is 5.27. The summed E-state index contributed by atoms with van der Waals surface area (Å²) in [5.41, 5.74) is 2.45. The normalized spacial score (nSPS) is 12.0. The molecular formula is C13H13N3. The highest BCUT2D eigenvalue weighted by molar-refractivity contribution is 5.82. The lowest BCUT2D eigenvalue weighted by Gasteiger charge is -1.96. The number of aromatic amines is 1. The molecule has 0 saturated heterocycles. The molecule has 16 heavy (non-hydrogen) atoms. The predicted octanol–water partition coefficient (Wildman–Crippen LogP) is 3.13. The van der Waals surface area contributed by atoms with Crippen molar-refractivity contribution < 1.29 is 0 Å². The van der Waals surface area contributed by atoms with Crippen LogP contribution in [0.4, 0.5) is 0 Å². The Hall–Kier alpha value is -2.08. The summed E-state index contributed by atoms with van der Waals surface area (Å²) < 4.78 is 0. The molecule has 1 aromatic heterocycles. The first kappa shape index (κ1) is 10.4. The van der Waals surface area contributed by atoms with Crippen molar-refractivity contribution in [2.45, 2.75) is 13.8 Å². The van der Waals surface area contributed by atoms with Crippen LogP contribution in [0.1, 0.15) is 19.7 Å². The average Bonchev–Trinajstić information content (AvgIpc) is 2.68. The first-order valence-corrected chi connectivity index (χ1v) is 5.27. The van der Waals surface area contributed by atoms with E-state index in [9.17, 15) is 0 Å². The number of fused-ring (bicyclic) bond motifs is 1. The maximum atomic E-state index is 9.08. The summed E-state index contributed by atoms with van der Waals surface area (Å²) >= 11 is 0. The lowest BCUT2D eigenvalue weighted by molar-refractivity contribution is 0.833. The molecule has 3 nitrogen and oxygen atoms in total. The molecule has 2 rings (SSSR count). The Morgan fingerprint density at radius 2 is 2.19 bits per heavy atom. The number of nitrogens with zero attached hydrogens (tertiary/aromatic N) is 2. The number of imidazole rings is 1. The highest BCUT2D eigenvalue weighted by atomic mass is 14.9. The Bertz CT molecular complexity index is 537. The van der Waals surface area contributed by atoms with Gasteiger partial charge in [0.1, 0.15) is 11.9 Å². The smallest absolute Gasteiger partial charge is 0.148 e. The van der Waals surface area contributed by atoms with E-state index in [2.05, 4.69) is 16.0 Å². The highest BCUT2D eigenvalue weighted by Crippen LogP contribution is 2.17. The number of hydrogen-bond acceptors (Lipinski definition) is 2. The standard InChI is InChI=1S/C13H13N3/c1-9(2)7-10(8-14)13-15-11-5-3-4-6-12(11)16-13/h3-7,9H,1-2H3,(H,15,16)/b10-7+. The van der Waals surface area contributed by atoms with Gasteiger partial charge in [0.2, 0.25) is 0 Å². The van der Waals surface area contributed by atoms with Crippen LogP contribution in [0.15, 0.2) is 30.3 Å². The molecule has 2 aromatic rings. The van der Waals surface area contributed by atoms with Crippen molar-refractivity contribution in [3.05, 3.63) is 36.2 Å². The lowest BCUT2D eigenvalue weighted by Crippen LogP contribution is -1.88. The van der Waals surface area contributed by atoms with Crippen molar-refractivity contribution in [3.63, 3.8) is 0 Å². The van der Waals surface area contributed by atoms with Crippen LogP contribution in [-0.2, 0) is 0 Å². The summed E-state index contributed by atoms with van der Waals surface area (Å²) in [5, 5.41) is 9.08. The van der Waals surface area contributed by atoms with E-state index in [1.54, 1.807) is 0 Å². The molecule has 0 aliphatic heterocycles. The van der Waals surface area contributed by atoms with Crippen LogP contribution < -0.4 is 0 Å². The number of aromatic nitrogens is 2. The summed E-state index contributed by atoms with van der Waals surface area (Å²) in [6.07, 6.45) is 1.91. The molecule has 1 N–H and O–H groups in total. The highest BCUT2D eigenvalue weighted by Gasteiger charge is 2.07. The lowest BCUT2D eigenvalue weighted by atomic mass is 10.1. The molecule has 1 heterocycles. The maximum absolute atomic E-state index is 9.08. The van der Waals surface area contributed by atoms with Crippen molar-refractivity contribution >= 4 is 16.6 Å². The largest absolute Gasteiger partial charge is 0.337 e. The zero-order chi connectivity index (χ0) is 11.5. The van der Waals surface area contributed by atoms with Crippen molar-refractivity contribution in [1.82, 2.24) is 9.97 Å². The monoisotopic (exact) mass is 211 g/mol. The predicted molar refractivity (Wildman–Crippen MR) is 64.5 cm³/mol. The molecule has 1 aromatic carbocycles. The third-order valence-electron chi connectivity index (χ3n) is 2.26. The Morgan fingerprint density at radius 1 is 1.44 bits per heavy atom. The van der Waals surface area contributed by atoms with E-state index in [0.29, 0.717) is 17.3 Å². The van der Waals surface area contributed by atoms with Gasteiger partial charge < -0.3 is 4.98 Å². The SMILES string of the molecule is CC(C)/C=C(\C#N)c1nc2ccccc2[nH]1. The quantitative estimate of drug-likeness (QED) is 0.776. The number of H-pyrrole nitrogens is 1. The van der Waals surface area contributed by atoms with Crippen molar-refractivity contribution in [2.24, 2.45) is 5.92 Å². The average molecular weight is 211 g/mol. The van der Waals surface area contributed by atoms with Gasteiger partial charge in [0.05, 0.1) is 16.6 Å². The Balaban J connectivity index is 2.51. The Labute approximate surface area is 94.4 Å². The van der Waals surface area contributed by atoms with Crippen LogP contribution >= 0.6 is 0 Å². The van der Waals surface area contributed by atoms with E-state index in [1.807, 2.05) is 44.2 Å². The van der Waals surface area contributed by atoms with Crippen LogP contribution in [0.5, 0.6) is 0 Å². The van der Waals surface area contributed by atoms with Crippen molar-refractivity contribution in [3.8, 4) is 6.07 Å². The molecule has 0 saturated carbocycles. The molecule has 0 aliphatic carbocycles. The Morgan fingerprint density at radius 3 is 2.81 bits per heavy atom. The van der Waals surface area contributed by atoms with E-state index in [1.165, 1.54) is 0 Å². The number of rotatable bonds is 2. The van der Waals surface area contributed by atoms with Gasteiger partial charge in [0, 0.05) is 0 Å². The summed E-state index contributed by atoms with van der Waals surface area (Å²) in [6.45, 7) is 4.08. The molecule has 0 unspecified atom stereocenters. The minimum Gasteiger partial charge on any atom is -0.337 e. The molecule has 80 valence electrons. The summed E-state index contributed by atoms with van der Waals surface area (Å²) in [6, 6.07) is 9.95. The number of para-hydroxylation sites is 2. The maximum Gasteiger partial charge on any atom is 0.148 e. The van der Waals surface area contributed by atoms with Gasteiger partial charge >= 0.3 is 0 Å². The molecular weight excluding hydrogens is 198 g/mol. The number of nitriles is 1. The molecule has 0 fully saturated rings. The molecule has 0 aliphatic rings. The van der Waals surface area contributed by atoms with E-state index < -0.39 is 0 Å². The zero-order valence-electron chi connectivity index (χ0n) is 9.36. The molecule has 0 radical (unpaired) electrons. The van der Waals surface area contributed by atoms with E-state index in [0.717, 1.165) is 11.0 Å². The number of nitrogens with one attached hydrogen (secondary N) is 1. The van der Waals surface area contributed by atoms with Gasteiger partial charge in [0.25, 0.3) is 0 Å². The second-order valence-electron chi connectivity index (χ2n) is 4.04. The van der Waals surface area contributed by atoms with Crippen LogP contribution in [0, 0.1) is 17.2 Å². The van der Waals surface area contributed by atoms with Gasteiger partial charge in [-0.05, 0) is 18.1 Å². The third kappa shape index (κ3) is 1.96. The first-order chi connectivity index (χ1) is 7.70. The van der Waals surface area contributed by atoms with Gasteiger partial charge in [-0.1, -0.05) is 32.1 Å². The van der Waals surface area contributed by atoms with Gasteiger partial charge in [0.15, 0.2) is 0 Å². The van der Waals surface area contributed by atoms with E-state index in [-0.39, 0.29) is 0 Å². The molecule has 0 bridgehead atoms. The van der Waals surface area contributed by atoms with Gasteiger partial charge in [-0.15, -0.1) is 0 Å². The fourth-order valence-corrected chi connectivity index (χ4v) is 1.58.